The number of hydrogen-bond donors (Lipinski definition) is 2. The molecule has 0 aliphatic carbocycles. The molecule has 0 aliphatic heterocycles. The Balaban J connectivity index is 2.80. The third-order valence-electron chi connectivity index (χ3n) is 2.69. The molecule has 1 aromatic carbocycles. The highest BCUT2D eigenvalue weighted by atomic mass is 16.6. The molecule has 4 nitrogen and oxygen atoms in total. The van der Waals surface area contributed by atoms with Crippen molar-refractivity contribution in [2.45, 2.75) is 39.3 Å². The first-order valence-corrected chi connectivity index (χ1v) is 6.49. The first-order chi connectivity index (χ1) is 8.83. The van der Waals surface area contributed by atoms with Gasteiger partial charge in [0.2, 0.25) is 0 Å². The topological polar surface area (TPSA) is 58.6 Å². The summed E-state index contributed by atoms with van der Waals surface area (Å²) >= 11 is 0. The smallest absolute Gasteiger partial charge is 0.408 e. The van der Waals surface area contributed by atoms with Crippen LogP contribution in [-0.4, -0.2) is 23.4 Å². The number of alkyl carbamates (subject to hydrolysis) is 1. The van der Waals surface area contributed by atoms with Gasteiger partial charge in [0.15, 0.2) is 0 Å². The lowest BCUT2D eigenvalue weighted by Gasteiger charge is -2.26. The van der Waals surface area contributed by atoms with Crippen molar-refractivity contribution in [1.82, 2.24) is 5.32 Å². The Labute approximate surface area is 114 Å². The van der Waals surface area contributed by atoms with E-state index >= 15 is 0 Å². The fourth-order valence-corrected chi connectivity index (χ4v) is 1.75. The zero-order valence-electron chi connectivity index (χ0n) is 12.0. The Hall–Kier alpha value is -1.55. The van der Waals surface area contributed by atoms with Crippen LogP contribution in [0.3, 0.4) is 0 Å². The summed E-state index contributed by atoms with van der Waals surface area (Å²) in [7, 11) is 0. The molecule has 0 aliphatic rings. The van der Waals surface area contributed by atoms with Gasteiger partial charge < -0.3 is 15.2 Å². The summed E-state index contributed by atoms with van der Waals surface area (Å²) in [5, 5.41) is 12.1. The number of hydrogen-bond acceptors (Lipinski definition) is 3. The molecule has 19 heavy (non-hydrogen) atoms. The van der Waals surface area contributed by atoms with Crippen LogP contribution in [0.4, 0.5) is 4.79 Å². The minimum atomic E-state index is -0.534. The molecule has 0 spiro atoms. The van der Waals surface area contributed by atoms with Crippen LogP contribution in [-0.2, 0) is 4.74 Å². The van der Waals surface area contributed by atoms with Crippen molar-refractivity contribution in [2.75, 3.05) is 6.61 Å². The Bertz CT molecular complexity index is 398. The van der Waals surface area contributed by atoms with Crippen molar-refractivity contribution in [1.29, 1.82) is 0 Å². The average Bonchev–Trinajstić information content (AvgIpc) is 2.34. The third kappa shape index (κ3) is 5.30. The van der Waals surface area contributed by atoms with Gasteiger partial charge >= 0.3 is 6.09 Å². The fraction of sp³-hybridized carbons (Fsp3) is 0.533. The van der Waals surface area contributed by atoms with Crippen LogP contribution in [0.5, 0.6) is 0 Å². The first kappa shape index (κ1) is 15.5. The predicted molar refractivity (Wildman–Crippen MR) is 74.8 cm³/mol. The van der Waals surface area contributed by atoms with E-state index in [9.17, 15) is 9.90 Å². The minimum absolute atomic E-state index is 0.00460. The Morgan fingerprint density at radius 2 is 1.89 bits per heavy atom. The van der Waals surface area contributed by atoms with Gasteiger partial charge in [-0.05, 0) is 26.3 Å². The number of rotatable bonds is 4. The Kier molecular flexibility index (Phi) is 5.36. The van der Waals surface area contributed by atoms with E-state index in [4.69, 9.17) is 4.74 Å². The molecule has 1 aromatic rings. The van der Waals surface area contributed by atoms with E-state index in [2.05, 4.69) is 5.32 Å². The summed E-state index contributed by atoms with van der Waals surface area (Å²) in [6.07, 6.45) is -0.471. The zero-order chi connectivity index (χ0) is 14.5. The SMILES string of the molecule is C[C@H](CO)[C@H](NC(=O)OC(C)(C)C)c1ccccc1. The number of aliphatic hydroxyl groups excluding tert-OH is 1. The summed E-state index contributed by atoms with van der Waals surface area (Å²) in [5.74, 6) is -0.0880. The number of aliphatic hydroxyl groups is 1. The van der Waals surface area contributed by atoms with Crippen molar-refractivity contribution in [3.63, 3.8) is 0 Å². The van der Waals surface area contributed by atoms with Gasteiger partial charge in [0.1, 0.15) is 5.60 Å². The largest absolute Gasteiger partial charge is 0.444 e. The molecular formula is C15H23NO3. The van der Waals surface area contributed by atoms with Crippen molar-refractivity contribution >= 4 is 6.09 Å². The molecule has 0 fully saturated rings. The highest BCUT2D eigenvalue weighted by Crippen LogP contribution is 2.22. The van der Waals surface area contributed by atoms with Crippen molar-refractivity contribution in [2.24, 2.45) is 5.92 Å². The number of ether oxygens (including phenoxy) is 1. The van der Waals surface area contributed by atoms with E-state index in [0.29, 0.717) is 0 Å². The lowest BCUT2D eigenvalue weighted by molar-refractivity contribution is 0.0474. The van der Waals surface area contributed by atoms with E-state index in [0.717, 1.165) is 5.56 Å². The number of benzene rings is 1. The van der Waals surface area contributed by atoms with Gasteiger partial charge in [-0.15, -0.1) is 0 Å². The van der Waals surface area contributed by atoms with Crippen LogP contribution in [0.15, 0.2) is 30.3 Å². The summed E-state index contributed by atoms with van der Waals surface area (Å²) in [6.45, 7) is 7.34. The van der Waals surface area contributed by atoms with Gasteiger partial charge in [0.05, 0.1) is 6.04 Å². The van der Waals surface area contributed by atoms with Crippen molar-refractivity contribution in [3.8, 4) is 0 Å². The predicted octanol–water partition coefficient (Wildman–Crippen LogP) is 2.88. The molecule has 0 aromatic heterocycles. The molecule has 2 N–H and O–H groups in total. The molecule has 2 atom stereocenters. The van der Waals surface area contributed by atoms with Crippen LogP contribution in [0.2, 0.25) is 0 Å². The first-order valence-electron chi connectivity index (χ1n) is 6.49. The lowest BCUT2D eigenvalue weighted by Crippen LogP contribution is -2.38. The van der Waals surface area contributed by atoms with Gasteiger partial charge in [0.25, 0.3) is 0 Å². The van der Waals surface area contributed by atoms with Gasteiger partial charge in [-0.25, -0.2) is 4.79 Å². The van der Waals surface area contributed by atoms with Crippen LogP contribution in [0.25, 0.3) is 0 Å². The van der Waals surface area contributed by atoms with Crippen LogP contribution >= 0.6 is 0 Å². The Morgan fingerprint density at radius 1 is 1.32 bits per heavy atom. The van der Waals surface area contributed by atoms with E-state index in [1.165, 1.54) is 0 Å². The third-order valence-corrected chi connectivity index (χ3v) is 2.69. The maximum absolute atomic E-state index is 11.8. The normalized spacial score (nSPS) is 14.6. The second kappa shape index (κ2) is 6.57. The molecule has 0 radical (unpaired) electrons. The second-order valence-electron chi connectivity index (χ2n) is 5.69. The molecule has 0 bridgehead atoms. The highest BCUT2D eigenvalue weighted by molar-refractivity contribution is 5.68. The maximum Gasteiger partial charge on any atom is 0.408 e. The Morgan fingerprint density at radius 3 is 2.37 bits per heavy atom. The van der Waals surface area contributed by atoms with E-state index in [-0.39, 0.29) is 18.6 Å². The van der Waals surface area contributed by atoms with Gasteiger partial charge in [0, 0.05) is 12.5 Å². The second-order valence-corrected chi connectivity index (χ2v) is 5.69. The number of nitrogens with one attached hydrogen (secondary N) is 1. The summed E-state index contributed by atoms with van der Waals surface area (Å²) in [6, 6.07) is 9.31. The van der Waals surface area contributed by atoms with E-state index in [1.807, 2.05) is 58.0 Å². The van der Waals surface area contributed by atoms with Crippen LogP contribution in [0.1, 0.15) is 39.3 Å². The average molecular weight is 265 g/mol. The number of amides is 1. The summed E-state index contributed by atoms with van der Waals surface area (Å²) < 4.78 is 5.25. The number of carbonyl (C=O) groups excluding carboxylic acids is 1. The molecule has 0 saturated carbocycles. The standard InChI is InChI=1S/C15H23NO3/c1-11(10-17)13(12-8-6-5-7-9-12)16-14(18)19-15(2,3)4/h5-9,11,13,17H,10H2,1-4H3,(H,16,18)/t11-,13+/m1/s1. The lowest BCUT2D eigenvalue weighted by atomic mass is 9.95. The molecule has 106 valence electrons. The monoisotopic (exact) mass is 265 g/mol. The van der Waals surface area contributed by atoms with Gasteiger partial charge in [-0.1, -0.05) is 37.3 Å². The van der Waals surface area contributed by atoms with E-state index < -0.39 is 11.7 Å². The maximum atomic E-state index is 11.8. The molecular weight excluding hydrogens is 242 g/mol. The fourth-order valence-electron chi connectivity index (χ4n) is 1.75. The van der Waals surface area contributed by atoms with Crippen molar-refractivity contribution < 1.29 is 14.6 Å². The van der Waals surface area contributed by atoms with Crippen LogP contribution < -0.4 is 5.32 Å². The van der Waals surface area contributed by atoms with E-state index in [1.54, 1.807) is 0 Å². The van der Waals surface area contributed by atoms with Crippen LogP contribution in [0, 0.1) is 5.92 Å². The summed E-state index contributed by atoms with van der Waals surface area (Å²) in [5.41, 5.74) is 0.420. The molecule has 4 heteroatoms. The zero-order valence-corrected chi connectivity index (χ0v) is 12.0. The molecule has 1 rings (SSSR count). The van der Waals surface area contributed by atoms with Gasteiger partial charge in [-0.2, -0.15) is 0 Å². The quantitative estimate of drug-likeness (QED) is 0.880. The minimum Gasteiger partial charge on any atom is -0.444 e. The molecule has 0 saturated heterocycles. The molecule has 0 heterocycles. The highest BCUT2D eigenvalue weighted by Gasteiger charge is 2.24. The van der Waals surface area contributed by atoms with Gasteiger partial charge in [-0.3, -0.25) is 0 Å². The molecule has 1 amide bonds. The molecule has 0 unspecified atom stereocenters. The number of carbonyl (C=O) groups is 1. The van der Waals surface area contributed by atoms with Crippen molar-refractivity contribution in [3.05, 3.63) is 35.9 Å². The summed E-state index contributed by atoms with van der Waals surface area (Å²) in [4.78, 5) is 11.8.